The van der Waals surface area contributed by atoms with E-state index in [0.717, 1.165) is 11.3 Å². The number of methoxy groups -OCH3 is 1. The van der Waals surface area contributed by atoms with E-state index in [-0.39, 0.29) is 11.9 Å². The van der Waals surface area contributed by atoms with Crippen molar-refractivity contribution < 1.29 is 19.3 Å². The molecule has 26 heavy (non-hydrogen) atoms. The minimum absolute atomic E-state index is 0.302. The highest BCUT2D eigenvalue weighted by molar-refractivity contribution is 5.90. The van der Waals surface area contributed by atoms with E-state index in [4.69, 9.17) is 4.74 Å². The van der Waals surface area contributed by atoms with Gasteiger partial charge >= 0.3 is 5.97 Å². The Bertz CT molecular complexity index is 920. The van der Waals surface area contributed by atoms with Gasteiger partial charge in [-0.05, 0) is 34.4 Å². The second-order valence-corrected chi connectivity index (χ2v) is 5.67. The molecule has 5 heteroatoms. The number of nitrogens with zero attached hydrogens (tertiary/aromatic N) is 2. The molecule has 3 rings (SSSR count). The minimum Gasteiger partial charge on any atom is -0.854 e. The second kappa shape index (κ2) is 8.07. The molecule has 130 valence electrons. The Morgan fingerprint density at radius 2 is 1.65 bits per heavy atom. The Labute approximate surface area is 151 Å². The molecule has 0 saturated heterocycles. The molecule has 0 radical (unpaired) electrons. The first-order valence-corrected chi connectivity index (χ1v) is 8.15. The summed E-state index contributed by atoms with van der Waals surface area (Å²) in [6, 6.07) is 21.8. The molecule has 2 aromatic carbocycles. The second-order valence-electron chi connectivity index (χ2n) is 5.67. The zero-order chi connectivity index (χ0) is 18.4. The van der Waals surface area contributed by atoms with Gasteiger partial charge in [-0.2, -0.15) is 0 Å². The van der Waals surface area contributed by atoms with Gasteiger partial charge in [-0.3, -0.25) is 0 Å². The monoisotopic (exact) mass is 346 g/mol. The van der Waals surface area contributed by atoms with E-state index >= 15 is 0 Å². The molecule has 0 aliphatic rings. The Morgan fingerprint density at radius 1 is 0.962 bits per heavy atom. The van der Waals surface area contributed by atoms with Crippen LogP contribution in [0.4, 0.5) is 0 Å². The summed E-state index contributed by atoms with van der Waals surface area (Å²) in [4.78, 5) is 11.5. The number of hydrogen-bond donors (Lipinski definition) is 0. The minimum atomic E-state index is -0.366. The highest BCUT2D eigenvalue weighted by atomic mass is 16.5. The van der Waals surface area contributed by atoms with Crippen LogP contribution < -0.4 is 9.78 Å². The van der Waals surface area contributed by atoms with Gasteiger partial charge in [-0.25, -0.2) is 4.79 Å². The van der Waals surface area contributed by atoms with Crippen molar-refractivity contribution >= 4 is 11.9 Å². The van der Waals surface area contributed by atoms with Crippen molar-refractivity contribution in [1.82, 2.24) is 0 Å². The lowest BCUT2D eigenvalue weighted by Crippen LogP contribution is -2.37. The number of hydrogen-bond acceptors (Lipinski definition) is 4. The van der Waals surface area contributed by atoms with Gasteiger partial charge in [0.2, 0.25) is 11.9 Å². The summed E-state index contributed by atoms with van der Waals surface area (Å²) >= 11 is 0. The standard InChI is InChI=1S/C21H18N2O3/c1-26-21(25)18-12-10-16(11-13-18)15-19-9-5-6-14-23(19)22-20(24)17-7-3-2-4-8-17/h2-14H,15H2,1H3. The van der Waals surface area contributed by atoms with Crippen LogP contribution in [0.1, 0.15) is 27.2 Å². The number of carbonyl (C=O) groups is 1. The van der Waals surface area contributed by atoms with Crippen molar-refractivity contribution in [2.75, 3.05) is 7.11 Å². The van der Waals surface area contributed by atoms with E-state index in [1.807, 2.05) is 48.5 Å². The number of rotatable bonds is 5. The van der Waals surface area contributed by atoms with Gasteiger partial charge in [0.1, 0.15) is 0 Å². The van der Waals surface area contributed by atoms with Crippen molar-refractivity contribution in [3.63, 3.8) is 0 Å². The normalized spacial score (nSPS) is 11.2. The fourth-order valence-electron chi connectivity index (χ4n) is 2.53. The number of carbonyl (C=O) groups excluding carboxylic acids is 1. The molecule has 0 N–H and O–H groups in total. The van der Waals surface area contributed by atoms with Crippen LogP contribution in [-0.4, -0.2) is 19.0 Å². The van der Waals surface area contributed by atoms with Gasteiger partial charge in [-0.1, -0.05) is 47.1 Å². The van der Waals surface area contributed by atoms with Crippen molar-refractivity contribution in [2.45, 2.75) is 6.42 Å². The molecule has 0 spiro atoms. The summed E-state index contributed by atoms with van der Waals surface area (Å²) in [7, 11) is 1.36. The largest absolute Gasteiger partial charge is 0.854 e. The Kier molecular flexibility index (Phi) is 5.39. The topological polar surface area (TPSA) is 65.6 Å². The number of pyridine rings is 1. The van der Waals surface area contributed by atoms with Crippen LogP contribution in [0.2, 0.25) is 0 Å². The molecule has 0 unspecified atom stereocenters. The van der Waals surface area contributed by atoms with Crippen LogP contribution in [0.3, 0.4) is 0 Å². The zero-order valence-electron chi connectivity index (χ0n) is 14.3. The molecular weight excluding hydrogens is 328 g/mol. The third-order valence-corrected chi connectivity index (χ3v) is 3.90. The van der Waals surface area contributed by atoms with E-state index in [0.29, 0.717) is 17.5 Å². The maximum absolute atomic E-state index is 12.3. The van der Waals surface area contributed by atoms with Crippen LogP contribution in [0, 0.1) is 0 Å². The van der Waals surface area contributed by atoms with E-state index in [2.05, 4.69) is 5.10 Å². The first kappa shape index (κ1) is 17.4. The fourth-order valence-corrected chi connectivity index (χ4v) is 2.53. The molecular formula is C21H18N2O3. The predicted molar refractivity (Wildman–Crippen MR) is 95.6 cm³/mol. The Hall–Kier alpha value is -3.47. The van der Waals surface area contributed by atoms with Crippen LogP contribution in [-0.2, 0) is 11.2 Å². The summed E-state index contributed by atoms with van der Waals surface area (Å²) in [5, 5.41) is 16.5. The lowest BCUT2D eigenvalue weighted by Gasteiger charge is -2.07. The third-order valence-electron chi connectivity index (χ3n) is 3.90. The molecule has 0 aliphatic carbocycles. The maximum atomic E-state index is 12.3. The molecule has 5 nitrogen and oxygen atoms in total. The van der Waals surface area contributed by atoms with Gasteiger partial charge in [0.25, 0.3) is 0 Å². The van der Waals surface area contributed by atoms with Gasteiger partial charge in [0.05, 0.1) is 25.0 Å². The number of aromatic nitrogens is 1. The average molecular weight is 346 g/mol. The van der Waals surface area contributed by atoms with Crippen LogP contribution in [0.15, 0.2) is 84.1 Å². The quantitative estimate of drug-likeness (QED) is 0.307. The van der Waals surface area contributed by atoms with E-state index in [1.165, 1.54) is 7.11 Å². The van der Waals surface area contributed by atoms with Crippen molar-refractivity contribution in [2.24, 2.45) is 5.10 Å². The average Bonchev–Trinajstić information content (AvgIpc) is 2.70. The molecule has 0 amide bonds. The molecule has 3 aromatic rings. The van der Waals surface area contributed by atoms with Crippen molar-refractivity contribution in [1.29, 1.82) is 0 Å². The molecule has 0 bridgehead atoms. The highest BCUT2D eigenvalue weighted by Crippen LogP contribution is 2.09. The molecule has 1 aromatic heterocycles. The van der Waals surface area contributed by atoms with E-state index in [9.17, 15) is 9.90 Å². The number of benzene rings is 2. The lowest BCUT2D eigenvalue weighted by atomic mass is 10.1. The van der Waals surface area contributed by atoms with Crippen molar-refractivity contribution in [3.8, 4) is 0 Å². The van der Waals surface area contributed by atoms with Gasteiger partial charge < -0.3 is 9.84 Å². The SMILES string of the molecule is COC(=O)c1ccc(Cc2cccc[n+]2/N=C(\[O-])c2ccccc2)cc1. The predicted octanol–water partition coefficient (Wildman–Crippen LogP) is 1.92. The van der Waals surface area contributed by atoms with Crippen LogP contribution >= 0.6 is 0 Å². The Balaban J connectivity index is 1.85. The lowest BCUT2D eigenvalue weighted by molar-refractivity contribution is -0.688. The van der Waals surface area contributed by atoms with Crippen molar-refractivity contribution in [3.05, 3.63) is 101 Å². The Morgan fingerprint density at radius 3 is 2.35 bits per heavy atom. The smallest absolute Gasteiger partial charge is 0.337 e. The summed E-state index contributed by atoms with van der Waals surface area (Å²) in [5.41, 5.74) is 2.90. The molecule has 0 fully saturated rings. The van der Waals surface area contributed by atoms with Crippen LogP contribution in [0.5, 0.6) is 0 Å². The van der Waals surface area contributed by atoms with E-state index in [1.54, 1.807) is 35.1 Å². The zero-order valence-corrected chi connectivity index (χ0v) is 14.3. The summed E-state index contributed by atoms with van der Waals surface area (Å²) in [6.07, 6.45) is 2.33. The van der Waals surface area contributed by atoms with Gasteiger partial charge in [-0.15, -0.1) is 0 Å². The number of esters is 1. The maximum Gasteiger partial charge on any atom is 0.337 e. The summed E-state index contributed by atoms with van der Waals surface area (Å²) in [6.45, 7) is 0. The number of ether oxygens (including phenoxy) is 1. The third kappa shape index (κ3) is 4.13. The summed E-state index contributed by atoms with van der Waals surface area (Å²) in [5.74, 6) is -0.668. The van der Waals surface area contributed by atoms with Crippen LogP contribution in [0.25, 0.3) is 0 Å². The first-order valence-electron chi connectivity index (χ1n) is 8.15. The first-order chi connectivity index (χ1) is 12.7. The van der Waals surface area contributed by atoms with Gasteiger partial charge in [0.15, 0.2) is 0 Å². The molecule has 0 aliphatic heterocycles. The fraction of sp³-hybridized carbons (Fsp3) is 0.0952. The molecule has 0 saturated carbocycles. The molecule has 0 atom stereocenters. The molecule has 1 heterocycles. The highest BCUT2D eigenvalue weighted by Gasteiger charge is 2.11. The van der Waals surface area contributed by atoms with Gasteiger partial charge in [0, 0.05) is 12.1 Å². The van der Waals surface area contributed by atoms with E-state index < -0.39 is 0 Å². The summed E-state index contributed by atoms with van der Waals surface area (Å²) < 4.78 is 6.29.